The van der Waals surface area contributed by atoms with Gasteiger partial charge in [-0.1, -0.05) is 28.1 Å². The summed E-state index contributed by atoms with van der Waals surface area (Å²) in [5.41, 5.74) is 0.267. The zero-order valence-electron chi connectivity index (χ0n) is 11.1. The number of hydrogen-bond acceptors (Lipinski definition) is 2. The van der Waals surface area contributed by atoms with Crippen molar-refractivity contribution in [2.24, 2.45) is 0 Å². The number of carbonyl (C=O) groups excluding carboxylic acids is 1. The van der Waals surface area contributed by atoms with E-state index in [0.717, 1.165) is 12.1 Å². The van der Waals surface area contributed by atoms with Crippen molar-refractivity contribution in [1.82, 2.24) is 0 Å². The maximum absolute atomic E-state index is 13.6. The average molecular weight is 356 g/mol. The van der Waals surface area contributed by atoms with Crippen LogP contribution in [0.4, 0.5) is 14.5 Å². The van der Waals surface area contributed by atoms with Gasteiger partial charge in [-0.3, -0.25) is 4.79 Å². The van der Waals surface area contributed by atoms with Gasteiger partial charge in [0, 0.05) is 4.47 Å². The second-order valence-corrected chi connectivity index (χ2v) is 5.23. The zero-order valence-corrected chi connectivity index (χ0v) is 12.7. The molecule has 2 aromatic rings. The van der Waals surface area contributed by atoms with Gasteiger partial charge in [-0.15, -0.1) is 0 Å². The fraction of sp³-hybridized carbons (Fsp3) is 0.133. The smallest absolute Gasteiger partial charge is 0.228 e. The number of amides is 1. The molecule has 0 radical (unpaired) electrons. The number of ether oxygens (including phenoxy) is 1. The van der Waals surface area contributed by atoms with E-state index in [1.165, 1.54) is 0 Å². The summed E-state index contributed by atoms with van der Waals surface area (Å²) in [7, 11) is 1.54. The Kier molecular flexibility index (Phi) is 4.90. The van der Waals surface area contributed by atoms with Gasteiger partial charge in [0.1, 0.15) is 11.4 Å². The molecule has 0 unspecified atom stereocenters. The van der Waals surface area contributed by atoms with Crippen LogP contribution in [0.15, 0.2) is 40.9 Å². The Labute approximate surface area is 129 Å². The van der Waals surface area contributed by atoms with Crippen LogP contribution in [0.1, 0.15) is 5.56 Å². The number of carbonyl (C=O) groups is 1. The minimum Gasteiger partial charge on any atom is -0.497 e. The third-order valence-electron chi connectivity index (χ3n) is 2.80. The number of methoxy groups -OCH3 is 1. The summed E-state index contributed by atoms with van der Waals surface area (Å²) in [6.45, 7) is 0. The summed E-state index contributed by atoms with van der Waals surface area (Å²) in [5, 5.41) is 2.24. The number of anilines is 1. The standard InChI is InChI=1S/C15H12BrF2NO2/c1-21-11-4-2-9(3-5-11)6-14(20)19-15-12(17)7-10(16)8-13(15)18/h2-5,7-8H,6H2,1H3,(H,19,20). The maximum Gasteiger partial charge on any atom is 0.228 e. The fourth-order valence-electron chi connectivity index (χ4n) is 1.77. The molecule has 0 saturated heterocycles. The lowest BCUT2D eigenvalue weighted by molar-refractivity contribution is -0.115. The molecule has 0 aliphatic rings. The Balaban J connectivity index is 2.08. The fourth-order valence-corrected chi connectivity index (χ4v) is 2.18. The predicted molar refractivity (Wildman–Crippen MR) is 79.4 cm³/mol. The van der Waals surface area contributed by atoms with E-state index in [4.69, 9.17) is 4.74 Å². The minimum atomic E-state index is -0.829. The largest absolute Gasteiger partial charge is 0.497 e. The molecule has 110 valence electrons. The SMILES string of the molecule is COc1ccc(CC(=O)Nc2c(F)cc(Br)cc2F)cc1. The van der Waals surface area contributed by atoms with Crippen LogP contribution in [0.5, 0.6) is 5.75 Å². The maximum atomic E-state index is 13.6. The van der Waals surface area contributed by atoms with Crippen molar-refractivity contribution in [2.45, 2.75) is 6.42 Å². The van der Waals surface area contributed by atoms with Gasteiger partial charge in [0.25, 0.3) is 0 Å². The molecule has 2 rings (SSSR count). The van der Waals surface area contributed by atoms with Crippen molar-refractivity contribution in [2.75, 3.05) is 12.4 Å². The topological polar surface area (TPSA) is 38.3 Å². The van der Waals surface area contributed by atoms with Crippen molar-refractivity contribution in [3.05, 3.63) is 58.1 Å². The lowest BCUT2D eigenvalue weighted by Crippen LogP contribution is -2.16. The number of nitrogens with one attached hydrogen (secondary N) is 1. The molecule has 0 atom stereocenters. The van der Waals surface area contributed by atoms with Gasteiger partial charge in [0.15, 0.2) is 11.6 Å². The van der Waals surface area contributed by atoms with E-state index in [1.807, 2.05) is 0 Å². The second kappa shape index (κ2) is 6.67. The number of hydrogen-bond donors (Lipinski definition) is 1. The molecule has 3 nitrogen and oxygen atoms in total. The van der Waals surface area contributed by atoms with E-state index in [-0.39, 0.29) is 10.9 Å². The third-order valence-corrected chi connectivity index (χ3v) is 3.25. The molecule has 0 aliphatic carbocycles. The van der Waals surface area contributed by atoms with Gasteiger partial charge >= 0.3 is 0 Å². The summed E-state index contributed by atoms with van der Waals surface area (Å²) < 4.78 is 32.5. The molecule has 6 heteroatoms. The lowest BCUT2D eigenvalue weighted by Gasteiger charge is -2.08. The molecule has 0 aliphatic heterocycles. The van der Waals surface area contributed by atoms with E-state index >= 15 is 0 Å². The van der Waals surface area contributed by atoms with Crippen molar-refractivity contribution in [1.29, 1.82) is 0 Å². The van der Waals surface area contributed by atoms with Crippen LogP contribution in [0, 0.1) is 11.6 Å². The Morgan fingerprint density at radius 3 is 2.29 bits per heavy atom. The van der Waals surface area contributed by atoms with E-state index < -0.39 is 23.2 Å². The van der Waals surface area contributed by atoms with Crippen LogP contribution in [-0.4, -0.2) is 13.0 Å². The van der Waals surface area contributed by atoms with Gasteiger partial charge in [0.05, 0.1) is 13.5 Å². The molecule has 21 heavy (non-hydrogen) atoms. The Bertz CT molecular complexity index is 636. The number of rotatable bonds is 4. The summed E-state index contributed by atoms with van der Waals surface area (Å²) in [5.74, 6) is -1.49. The molecule has 0 bridgehead atoms. The van der Waals surface area contributed by atoms with Gasteiger partial charge in [-0.05, 0) is 29.8 Å². The predicted octanol–water partition coefficient (Wildman–Crippen LogP) is 3.92. The van der Waals surface area contributed by atoms with Gasteiger partial charge in [0.2, 0.25) is 5.91 Å². The van der Waals surface area contributed by atoms with Crippen LogP contribution in [0.3, 0.4) is 0 Å². The lowest BCUT2D eigenvalue weighted by atomic mass is 10.1. The Morgan fingerprint density at radius 2 is 1.76 bits per heavy atom. The number of benzene rings is 2. The molecule has 1 amide bonds. The highest BCUT2D eigenvalue weighted by atomic mass is 79.9. The third kappa shape index (κ3) is 4.01. The van der Waals surface area contributed by atoms with E-state index in [0.29, 0.717) is 11.3 Å². The normalized spacial score (nSPS) is 10.3. The highest BCUT2D eigenvalue weighted by Crippen LogP contribution is 2.24. The first kappa shape index (κ1) is 15.4. The highest BCUT2D eigenvalue weighted by molar-refractivity contribution is 9.10. The first-order chi connectivity index (χ1) is 9.99. The molecular weight excluding hydrogens is 344 g/mol. The highest BCUT2D eigenvalue weighted by Gasteiger charge is 2.13. The van der Waals surface area contributed by atoms with Crippen LogP contribution in [0.2, 0.25) is 0 Å². The molecule has 1 N–H and O–H groups in total. The molecule has 0 saturated carbocycles. The van der Waals surface area contributed by atoms with Crippen LogP contribution in [-0.2, 0) is 11.2 Å². The second-order valence-electron chi connectivity index (χ2n) is 4.32. The first-order valence-corrected chi connectivity index (χ1v) is 6.86. The minimum absolute atomic E-state index is 0.0128. The number of halogens is 3. The van der Waals surface area contributed by atoms with E-state index in [9.17, 15) is 13.6 Å². The van der Waals surface area contributed by atoms with Crippen molar-refractivity contribution in [3.8, 4) is 5.75 Å². The molecule has 2 aromatic carbocycles. The van der Waals surface area contributed by atoms with Crippen LogP contribution >= 0.6 is 15.9 Å². The quantitative estimate of drug-likeness (QED) is 0.902. The van der Waals surface area contributed by atoms with Gasteiger partial charge in [-0.2, -0.15) is 0 Å². The Hall–Kier alpha value is -1.95. The summed E-state index contributed by atoms with van der Waals surface area (Å²) in [6, 6.07) is 9.03. The molecule has 0 fully saturated rings. The molecule has 0 heterocycles. The molecule has 0 spiro atoms. The first-order valence-electron chi connectivity index (χ1n) is 6.07. The van der Waals surface area contributed by atoms with Crippen molar-refractivity contribution < 1.29 is 18.3 Å². The Morgan fingerprint density at radius 1 is 1.19 bits per heavy atom. The summed E-state index contributed by atoms with van der Waals surface area (Å²) in [6.07, 6.45) is 0.0128. The summed E-state index contributed by atoms with van der Waals surface area (Å²) in [4.78, 5) is 11.8. The zero-order chi connectivity index (χ0) is 15.4. The molecule has 0 aromatic heterocycles. The van der Waals surface area contributed by atoms with Crippen LogP contribution in [0.25, 0.3) is 0 Å². The van der Waals surface area contributed by atoms with Gasteiger partial charge in [-0.25, -0.2) is 8.78 Å². The van der Waals surface area contributed by atoms with Crippen LogP contribution < -0.4 is 10.1 Å². The average Bonchev–Trinajstić information content (AvgIpc) is 2.43. The monoisotopic (exact) mass is 355 g/mol. The van der Waals surface area contributed by atoms with E-state index in [1.54, 1.807) is 31.4 Å². The van der Waals surface area contributed by atoms with Gasteiger partial charge < -0.3 is 10.1 Å². The molecular formula is C15H12BrF2NO2. The van der Waals surface area contributed by atoms with E-state index in [2.05, 4.69) is 21.2 Å². The van der Waals surface area contributed by atoms with Crippen molar-refractivity contribution in [3.63, 3.8) is 0 Å². The summed E-state index contributed by atoms with van der Waals surface area (Å²) >= 11 is 2.98. The van der Waals surface area contributed by atoms with Crippen molar-refractivity contribution >= 4 is 27.5 Å².